The quantitative estimate of drug-likeness (QED) is 0.454. The number of benzene rings is 2. The van der Waals surface area contributed by atoms with Gasteiger partial charge in [-0.3, -0.25) is 0 Å². The van der Waals surface area contributed by atoms with E-state index in [1.54, 1.807) is 0 Å². The Bertz CT molecular complexity index is 658. The lowest BCUT2D eigenvalue weighted by molar-refractivity contribution is -0.863. The Morgan fingerprint density at radius 1 is 0.852 bits per heavy atom. The molecule has 0 saturated heterocycles. The molecule has 0 aliphatic rings. The molecular formula is C20H22NO6-. The molecule has 0 aliphatic heterocycles. The molecule has 0 amide bonds. The first kappa shape index (κ1) is 21.7. The van der Waals surface area contributed by atoms with Crippen LogP contribution in [-0.4, -0.2) is 38.9 Å². The van der Waals surface area contributed by atoms with Crippen molar-refractivity contribution in [3.8, 4) is 11.5 Å². The molecule has 144 valence electrons. The fourth-order valence-corrected chi connectivity index (χ4v) is 1.88. The molecule has 7 heteroatoms. The normalized spacial score (nSPS) is 10.4. The lowest BCUT2D eigenvalue weighted by Crippen LogP contribution is -3.07. The number of ether oxygens (including phenoxy) is 2. The molecule has 0 spiro atoms. The number of likely N-dealkylation sites (N-methyl/N-ethyl adjacent to an activating group) is 1. The first-order valence-corrected chi connectivity index (χ1v) is 8.19. The van der Waals surface area contributed by atoms with E-state index in [0.29, 0.717) is 12.2 Å². The SMILES string of the molecule is C[NH+](C)CC(Oc1ccccc1)Oc1ccccc1.O=C([O-])/C=C/C(=O)[O-]. The number of carbonyl (C=O) groups is 2. The average Bonchev–Trinajstić information content (AvgIpc) is 2.62. The minimum Gasteiger partial charge on any atom is -0.545 e. The predicted molar refractivity (Wildman–Crippen MR) is 94.8 cm³/mol. The van der Waals surface area contributed by atoms with Crippen molar-refractivity contribution < 1.29 is 34.2 Å². The van der Waals surface area contributed by atoms with E-state index >= 15 is 0 Å². The molecule has 0 bridgehead atoms. The Balaban J connectivity index is 0.000000387. The standard InChI is InChI=1S/C16H19NO2.C4H4O4/c1-17(2)13-16(18-14-9-5-3-6-10-14)19-15-11-7-4-8-12-15;5-3(6)1-2-4(7)8/h3-12,16H,13H2,1-2H3;1-2H,(H,5,6)(H,7,8)/p-1/b;2-1+. The summed E-state index contributed by atoms with van der Waals surface area (Å²) in [5.74, 6) is -1.45. The van der Waals surface area contributed by atoms with Gasteiger partial charge in [-0.1, -0.05) is 36.4 Å². The highest BCUT2D eigenvalue weighted by Crippen LogP contribution is 2.15. The number of carbonyl (C=O) groups excluding carboxylic acids is 2. The second-order valence-electron chi connectivity index (χ2n) is 5.67. The number of quaternary nitrogens is 1. The van der Waals surface area contributed by atoms with Crippen LogP contribution < -0.4 is 24.6 Å². The number of carboxylic acids is 2. The summed E-state index contributed by atoms with van der Waals surface area (Å²) in [6, 6.07) is 19.5. The number of nitrogens with one attached hydrogen (secondary N) is 1. The van der Waals surface area contributed by atoms with Crippen LogP contribution in [0.5, 0.6) is 11.5 Å². The van der Waals surface area contributed by atoms with Gasteiger partial charge in [-0.15, -0.1) is 0 Å². The van der Waals surface area contributed by atoms with Crippen molar-refractivity contribution in [3.05, 3.63) is 72.8 Å². The van der Waals surface area contributed by atoms with E-state index in [4.69, 9.17) is 9.47 Å². The maximum atomic E-state index is 9.41. The number of para-hydroxylation sites is 2. The van der Waals surface area contributed by atoms with Crippen LogP contribution in [0.3, 0.4) is 0 Å². The maximum Gasteiger partial charge on any atom is 0.290 e. The monoisotopic (exact) mass is 372 g/mol. The van der Waals surface area contributed by atoms with Crippen LogP contribution in [0.1, 0.15) is 0 Å². The maximum absolute atomic E-state index is 9.41. The van der Waals surface area contributed by atoms with Crippen molar-refractivity contribution in [2.45, 2.75) is 6.29 Å². The van der Waals surface area contributed by atoms with Gasteiger partial charge in [0.1, 0.15) is 11.5 Å². The van der Waals surface area contributed by atoms with E-state index in [2.05, 4.69) is 14.1 Å². The number of hydrogen-bond donors (Lipinski definition) is 1. The van der Waals surface area contributed by atoms with Crippen molar-refractivity contribution in [2.24, 2.45) is 0 Å². The predicted octanol–water partition coefficient (Wildman–Crippen LogP) is -1.34. The van der Waals surface area contributed by atoms with E-state index in [1.165, 1.54) is 4.90 Å². The molecule has 2 aromatic rings. The van der Waals surface area contributed by atoms with E-state index in [9.17, 15) is 19.8 Å². The van der Waals surface area contributed by atoms with Crippen LogP contribution in [0.4, 0.5) is 0 Å². The van der Waals surface area contributed by atoms with Gasteiger partial charge in [0, 0.05) is 0 Å². The van der Waals surface area contributed by atoms with Crippen LogP contribution >= 0.6 is 0 Å². The van der Waals surface area contributed by atoms with Gasteiger partial charge in [0.05, 0.1) is 26.0 Å². The molecule has 0 heterocycles. The van der Waals surface area contributed by atoms with Gasteiger partial charge in [0.15, 0.2) is 6.54 Å². The largest absolute Gasteiger partial charge is 0.545 e. The molecule has 0 saturated carbocycles. The van der Waals surface area contributed by atoms with Crippen molar-refractivity contribution in [1.82, 2.24) is 0 Å². The second kappa shape index (κ2) is 12.1. The summed E-state index contributed by atoms with van der Waals surface area (Å²) >= 11 is 0. The summed E-state index contributed by atoms with van der Waals surface area (Å²) in [4.78, 5) is 20.1. The fraction of sp³-hybridized carbons (Fsp3) is 0.200. The highest BCUT2D eigenvalue weighted by Gasteiger charge is 2.16. The first-order valence-electron chi connectivity index (χ1n) is 8.19. The van der Waals surface area contributed by atoms with Crippen molar-refractivity contribution in [2.75, 3.05) is 20.6 Å². The third kappa shape index (κ3) is 11.0. The minimum atomic E-state index is -1.55. The Morgan fingerprint density at radius 3 is 1.52 bits per heavy atom. The van der Waals surface area contributed by atoms with Crippen molar-refractivity contribution in [1.29, 1.82) is 0 Å². The second-order valence-corrected chi connectivity index (χ2v) is 5.67. The molecule has 27 heavy (non-hydrogen) atoms. The van der Waals surface area contributed by atoms with Gasteiger partial charge in [-0.2, -0.15) is 0 Å². The summed E-state index contributed by atoms with van der Waals surface area (Å²) in [5.41, 5.74) is 0. The Kier molecular flexibility index (Phi) is 9.74. The Hall–Kier alpha value is -3.32. The van der Waals surface area contributed by atoms with Crippen LogP contribution in [0.25, 0.3) is 0 Å². The van der Waals surface area contributed by atoms with Gasteiger partial charge >= 0.3 is 0 Å². The van der Waals surface area contributed by atoms with Crippen LogP contribution in [0.2, 0.25) is 0 Å². The zero-order valence-corrected chi connectivity index (χ0v) is 15.2. The van der Waals surface area contributed by atoms with Gasteiger partial charge in [0.25, 0.3) is 6.29 Å². The summed E-state index contributed by atoms with van der Waals surface area (Å²) in [6.45, 7) is 0.768. The zero-order chi connectivity index (χ0) is 20.1. The molecular weight excluding hydrogens is 350 g/mol. The first-order chi connectivity index (χ1) is 12.9. The van der Waals surface area contributed by atoms with Gasteiger partial charge in [-0.05, 0) is 36.4 Å². The molecule has 0 aliphatic carbocycles. The Labute approximate surface area is 158 Å². The highest BCUT2D eigenvalue weighted by atomic mass is 16.7. The van der Waals surface area contributed by atoms with Gasteiger partial charge in [-0.25, -0.2) is 0 Å². The molecule has 0 fully saturated rings. The van der Waals surface area contributed by atoms with Gasteiger partial charge < -0.3 is 34.2 Å². The van der Waals surface area contributed by atoms with E-state index in [-0.39, 0.29) is 6.29 Å². The smallest absolute Gasteiger partial charge is 0.290 e. The lowest BCUT2D eigenvalue weighted by Gasteiger charge is -2.21. The molecule has 2 rings (SSSR count). The zero-order valence-electron chi connectivity index (χ0n) is 15.2. The summed E-state index contributed by atoms with van der Waals surface area (Å²) in [7, 11) is 4.16. The van der Waals surface area contributed by atoms with Crippen molar-refractivity contribution in [3.63, 3.8) is 0 Å². The van der Waals surface area contributed by atoms with E-state index < -0.39 is 11.9 Å². The number of carboxylic acid groups (broad SMARTS) is 2. The third-order valence-electron chi connectivity index (χ3n) is 2.95. The van der Waals surface area contributed by atoms with E-state index in [0.717, 1.165) is 18.0 Å². The third-order valence-corrected chi connectivity index (χ3v) is 2.95. The molecule has 2 aromatic carbocycles. The average molecular weight is 372 g/mol. The molecule has 7 nitrogen and oxygen atoms in total. The summed E-state index contributed by atoms with van der Waals surface area (Å²) < 4.78 is 11.8. The molecule has 0 atom stereocenters. The number of aliphatic carboxylic acids is 2. The number of rotatable bonds is 8. The topological polar surface area (TPSA) is 103 Å². The molecule has 0 radical (unpaired) electrons. The van der Waals surface area contributed by atoms with Crippen molar-refractivity contribution >= 4 is 11.9 Å². The minimum absolute atomic E-state index is 0.296. The Morgan fingerprint density at radius 2 is 1.22 bits per heavy atom. The van der Waals surface area contributed by atoms with Crippen LogP contribution in [-0.2, 0) is 9.59 Å². The summed E-state index contributed by atoms with van der Waals surface area (Å²) in [6.07, 6.45) is 0.472. The summed E-state index contributed by atoms with van der Waals surface area (Å²) in [5, 5.41) is 18.8. The fourth-order valence-electron chi connectivity index (χ4n) is 1.88. The van der Waals surface area contributed by atoms with Gasteiger partial charge in [0.2, 0.25) is 0 Å². The van der Waals surface area contributed by atoms with Crippen LogP contribution in [0.15, 0.2) is 72.8 Å². The highest BCUT2D eigenvalue weighted by molar-refractivity contribution is 5.87. The molecule has 0 unspecified atom stereocenters. The van der Waals surface area contributed by atoms with Crippen LogP contribution in [0, 0.1) is 0 Å². The lowest BCUT2D eigenvalue weighted by atomic mass is 10.3. The molecule has 1 N–H and O–H groups in total. The van der Waals surface area contributed by atoms with E-state index in [1.807, 2.05) is 60.7 Å². The molecule has 0 aromatic heterocycles. The number of hydrogen-bond acceptors (Lipinski definition) is 6.